The van der Waals surface area contributed by atoms with E-state index in [1.54, 1.807) is 0 Å². The van der Waals surface area contributed by atoms with E-state index < -0.39 is 10.0 Å². The van der Waals surface area contributed by atoms with Crippen molar-refractivity contribution < 1.29 is 8.42 Å². The van der Waals surface area contributed by atoms with Gasteiger partial charge in [0.15, 0.2) is 0 Å². The van der Waals surface area contributed by atoms with E-state index in [0.29, 0.717) is 17.5 Å². The molecule has 152 valence electrons. The van der Waals surface area contributed by atoms with E-state index in [-0.39, 0.29) is 17.8 Å². The zero-order chi connectivity index (χ0) is 19.1. The normalized spacial score (nSPS) is 26.4. The first-order valence-corrected chi connectivity index (χ1v) is 11.6. The molecule has 4 rings (SSSR count). The molecule has 0 spiro atoms. The van der Waals surface area contributed by atoms with Crippen LogP contribution in [0.4, 0.5) is 5.69 Å². The topological polar surface area (TPSA) is 49.4 Å². The Morgan fingerprint density at radius 1 is 1.07 bits per heavy atom. The molecule has 0 aromatic heterocycles. The molecule has 2 fully saturated rings. The summed E-state index contributed by atoms with van der Waals surface area (Å²) in [6.45, 7) is 5.80. The van der Waals surface area contributed by atoms with Crippen molar-refractivity contribution in [2.45, 2.75) is 25.2 Å². The summed E-state index contributed by atoms with van der Waals surface area (Å²) in [6.07, 6.45) is 3.54. The number of nitrogens with zero attached hydrogens (tertiary/aromatic N) is 1. The summed E-state index contributed by atoms with van der Waals surface area (Å²) in [5.74, 6) is 1.37. The zero-order valence-corrected chi connectivity index (χ0v) is 18.1. The van der Waals surface area contributed by atoms with Crippen LogP contribution in [0.5, 0.6) is 0 Å². The van der Waals surface area contributed by atoms with Gasteiger partial charge in [0.05, 0.1) is 6.26 Å². The highest BCUT2D eigenvalue weighted by Crippen LogP contribution is 2.63. The number of sulfonamides is 1. The summed E-state index contributed by atoms with van der Waals surface area (Å²) in [4.78, 5) is 2.60. The van der Waals surface area contributed by atoms with Gasteiger partial charge in [-0.15, -0.1) is 12.4 Å². The third-order valence-electron chi connectivity index (χ3n) is 6.40. The van der Waals surface area contributed by atoms with E-state index in [9.17, 15) is 8.42 Å². The molecular weight excluding hydrogens is 392 g/mol. The highest BCUT2D eigenvalue weighted by atomic mass is 35.5. The van der Waals surface area contributed by atoms with Gasteiger partial charge in [-0.25, -0.2) is 8.42 Å². The Morgan fingerprint density at radius 2 is 1.75 bits per heavy atom. The molecule has 0 bridgehead atoms. The van der Waals surface area contributed by atoms with Crippen LogP contribution in [0.25, 0.3) is 0 Å². The van der Waals surface area contributed by atoms with E-state index in [1.807, 2.05) is 18.2 Å². The second-order valence-electron chi connectivity index (χ2n) is 8.30. The van der Waals surface area contributed by atoms with Crippen molar-refractivity contribution in [3.8, 4) is 0 Å². The Hall–Kier alpha value is -1.56. The van der Waals surface area contributed by atoms with Crippen molar-refractivity contribution >= 4 is 28.1 Å². The van der Waals surface area contributed by atoms with Crippen LogP contribution in [-0.4, -0.2) is 39.2 Å². The molecule has 1 aliphatic carbocycles. The fraction of sp³-hybridized carbons (Fsp3) is 0.455. The molecule has 2 unspecified atom stereocenters. The maximum Gasteiger partial charge on any atom is 0.229 e. The predicted octanol–water partition coefficient (Wildman–Crippen LogP) is 3.93. The fourth-order valence-electron chi connectivity index (χ4n) is 4.86. The lowest BCUT2D eigenvalue weighted by atomic mass is 9.92. The van der Waals surface area contributed by atoms with E-state index >= 15 is 0 Å². The molecule has 1 aliphatic heterocycles. The molecular formula is C22H29ClN2O2S. The van der Waals surface area contributed by atoms with Crippen molar-refractivity contribution in [3.05, 3.63) is 65.7 Å². The van der Waals surface area contributed by atoms with Gasteiger partial charge in [0.2, 0.25) is 10.0 Å². The Balaban J connectivity index is 0.00000225. The Kier molecular flexibility index (Phi) is 6.08. The monoisotopic (exact) mass is 420 g/mol. The second-order valence-corrected chi connectivity index (χ2v) is 10.0. The number of likely N-dealkylation sites (tertiary alicyclic amines) is 1. The number of benzene rings is 2. The average Bonchev–Trinajstić information content (AvgIpc) is 2.98. The van der Waals surface area contributed by atoms with Crippen LogP contribution < -0.4 is 4.72 Å². The number of hydrogen-bond acceptors (Lipinski definition) is 3. The molecule has 28 heavy (non-hydrogen) atoms. The standard InChI is InChI=1S/C22H28N2O2S.ClH/c1-22(18-11-6-12-19(14-18)23-27(2,25)26)20-15-24(16-21(20)22)13-7-10-17-8-4-3-5-9-17;/h3-6,8-9,11-12,14,20-21,23H,7,10,13,15-16H2,1-2H3;1H. The third kappa shape index (κ3) is 4.37. The van der Waals surface area contributed by atoms with Gasteiger partial charge in [0.1, 0.15) is 0 Å². The summed E-state index contributed by atoms with van der Waals surface area (Å²) in [7, 11) is -3.24. The molecule has 6 heteroatoms. The molecule has 2 aromatic carbocycles. The first kappa shape index (κ1) is 21.2. The SMILES string of the molecule is CC1(c2cccc(NS(C)(=O)=O)c2)C2CN(CCCc3ccccc3)CC21.Cl. The molecule has 1 saturated heterocycles. The van der Waals surface area contributed by atoms with Gasteiger partial charge in [-0.2, -0.15) is 0 Å². The first-order chi connectivity index (χ1) is 12.9. The summed E-state index contributed by atoms with van der Waals surface area (Å²) in [5, 5.41) is 0. The maximum absolute atomic E-state index is 11.5. The number of piperidine rings is 1. The van der Waals surface area contributed by atoms with E-state index in [1.165, 1.54) is 23.8 Å². The smallest absolute Gasteiger partial charge is 0.229 e. The van der Waals surface area contributed by atoms with E-state index in [2.05, 4.69) is 52.9 Å². The van der Waals surface area contributed by atoms with Crippen molar-refractivity contribution in [2.75, 3.05) is 30.6 Å². The van der Waals surface area contributed by atoms with Crippen LogP contribution >= 0.6 is 12.4 Å². The quantitative estimate of drug-likeness (QED) is 0.738. The van der Waals surface area contributed by atoms with Crippen LogP contribution in [0.1, 0.15) is 24.5 Å². The summed E-state index contributed by atoms with van der Waals surface area (Å²) >= 11 is 0. The van der Waals surface area contributed by atoms with Crippen LogP contribution in [0.3, 0.4) is 0 Å². The largest absolute Gasteiger partial charge is 0.303 e. The lowest BCUT2D eigenvalue weighted by molar-refractivity contribution is 0.274. The number of rotatable bonds is 7. The molecule has 4 nitrogen and oxygen atoms in total. The minimum atomic E-state index is -3.24. The number of anilines is 1. The maximum atomic E-state index is 11.5. The highest BCUT2D eigenvalue weighted by Gasteiger charge is 2.65. The molecule has 1 N–H and O–H groups in total. The number of fused-ring (bicyclic) bond motifs is 1. The number of halogens is 1. The summed E-state index contributed by atoms with van der Waals surface area (Å²) in [6, 6.07) is 18.6. The Labute approximate surface area is 174 Å². The molecule has 0 amide bonds. The van der Waals surface area contributed by atoms with Gasteiger partial charge >= 0.3 is 0 Å². The molecule has 1 heterocycles. The van der Waals surface area contributed by atoms with Crippen LogP contribution in [-0.2, 0) is 21.9 Å². The molecule has 2 aromatic rings. The van der Waals surface area contributed by atoms with E-state index in [0.717, 1.165) is 26.1 Å². The van der Waals surface area contributed by atoms with Gasteiger partial charge in [-0.1, -0.05) is 49.4 Å². The molecule has 2 atom stereocenters. The van der Waals surface area contributed by atoms with Crippen LogP contribution in [0, 0.1) is 11.8 Å². The zero-order valence-electron chi connectivity index (χ0n) is 16.5. The van der Waals surface area contributed by atoms with E-state index in [4.69, 9.17) is 0 Å². The Bertz CT molecular complexity index is 905. The minimum Gasteiger partial charge on any atom is -0.303 e. The van der Waals surface area contributed by atoms with Gasteiger partial charge < -0.3 is 4.90 Å². The lowest BCUT2D eigenvalue weighted by Crippen LogP contribution is -2.30. The van der Waals surface area contributed by atoms with Crippen molar-refractivity contribution in [1.82, 2.24) is 4.90 Å². The van der Waals surface area contributed by atoms with Gasteiger partial charge in [0.25, 0.3) is 0 Å². The van der Waals surface area contributed by atoms with Crippen LogP contribution in [0.15, 0.2) is 54.6 Å². The predicted molar refractivity (Wildman–Crippen MR) is 118 cm³/mol. The Morgan fingerprint density at radius 3 is 2.39 bits per heavy atom. The number of aryl methyl sites for hydroxylation is 1. The lowest BCUT2D eigenvalue weighted by Gasteiger charge is -2.24. The summed E-state index contributed by atoms with van der Waals surface area (Å²) in [5.41, 5.74) is 3.53. The first-order valence-electron chi connectivity index (χ1n) is 9.71. The third-order valence-corrected chi connectivity index (χ3v) is 7.00. The number of nitrogens with one attached hydrogen (secondary N) is 1. The van der Waals surface area contributed by atoms with Gasteiger partial charge in [-0.05, 0) is 54.5 Å². The van der Waals surface area contributed by atoms with Gasteiger partial charge in [0, 0.05) is 24.2 Å². The minimum absolute atomic E-state index is 0. The summed E-state index contributed by atoms with van der Waals surface area (Å²) < 4.78 is 25.6. The molecule has 0 radical (unpaired) electrons. The van der Waals surface area contributed by atoms with Crippen molar-refractivity contribution in [2.24, 2.45) is 11.8 Å². The number of hydrogen-bond donors (Lipinski definition) is 1. The molecule has 2 aliphatic rings. The molecule has 1 saturated carbocycles. The highest BCUT2D eigenvalue weighted by molar-refractivity contribution is 7.92. The van der Waals surface area contributed by atoms with Crippen molar-refractivity contribution in [3.63, 3.8) is 0 Å². The van der Waals surface area contributed by atoms with Gasteiger partial charge in [-0.3, -0.25) is 4.72 Å². The van der Waals surface area contributed by atoms with Crippen molar-refractivity contribution in [1.29, 1.82) is 0 Å². The second kappa shape index (κ2) is 8.05. The fourth-order valence-corrected chi connectivity index (χ4v) is 5.41. The van der Waals surface area contributed by atoms with Crippen LogP contribution in [0.2, 0.25) is 0 Å². The average molecular weight is 421 g/mol.